The molecule has 70 valence electrons. The summed E-state index contributed by atoms with van der Waals surface area (Å²) in [6, 6.07) is 4.39. The molecule has 0 saturated heterocycles. The molecule has 2 nitrogen and oxygen atoms in total. The first-order valence-electron chi connectivity index (χ1n) is 3.93. The number of hydrogen-bond donors (Lipinski definition) is 0. The summed E-state index contributed by atoms with van der Waals surface area (Å²) in [6.07, 6.45) is 0. The molecule has 0 aromatic heterocycles. The maximum atomic E-state index is 13.2. The third-order valence-electron chi connectivity index (χ3n) is 1.76. The van der Waals surface area contributed by atoms with Crippen molar-refractivity contribution in [2.75, 3.05) is 7.11 Å². The Bertz CT molecular complexity index is 321. The number of benzene rings is 1. The molecular formula is C10H11FO2. The number of carbonyl (C=O) groups is 1. The molecular weight excluding hydrogens is 171 g/mol. The summed E-state index contributed by atoms with van der Waals surface area (Å²) in [5.74, 6) is -0.530. The molecule has 0 amide bonds. The molecule has 1 aromatic carbocycles. The van der Waals surface area contributed by atoms with Crippen molar-refractivity contribution in [1.29, 1.82) is 0 Å². The molecule has 0 fully saturated rings. The SMILES string of the molecule is COCc1ccc(C(C)=O)cc1F. The Hall–Kier alpha value is -1.22. The van der Waals surface area contributed by atoms with E-state index >= 15 is 0 Å². The first-order chi connectivity index (χ1) is 6.15. The standard InChI is InChI=1S/C10H11FO2/c1-7(12)8-3-4-9(6-13-2)10(11)5-8/h3-5H,6H2,1-2H3. The number of ketones is 1. The van der Waals surface area contributed by atoms with Crippen LogP contribution in [0.25, 0.3) is 0 Å². The summed E-state index contributed by atoms with van der Waals surface area (Å²) in [4.78, 5) is 10.9. The topological polar surface area (TPSA) is 26.3 Å². The number of hydrogen-bond acceptors (Lipinski definition) is 2. The molecule has 0 spiro atoms. The number of rotatable bonds is 3. The van der Waals surface area contributed by atoms with Crippen LogP contribution in [-0.4, -0.2) is 12.9 Å². The minimum absolute atomic E-state index is 0.136. The highest BCUT2D eigenvalue weighted by atomic mass is 19.1. The molecule has 0 aliphatic rings. The third-order valence-corrected chi connectivity index (χ3v) is 1.76. The van der Waals surface area contributed by atoms with E-state index in [1.165, 1.54) is 20.1 Å². The molecule has 0 radical (unpaired) electrons. The van der Waals surface area contributed by atoms with Gasteiger partial charge in [0.2, 0.25) is 0 Å². The van der Waals surface area contributed by atoms with Crippen molar-refractivity contribution >= 4 is 5.78 Å². The third kappa shape index (κ3) is 2.36. The van der Waals surface area contributed by atoms with Crippen LogP contribution in [0.5, 0.6) is 0 Å². The summed E-state index contributed by atoms with van der Waals surface area (Å²) in [5.41, 5.74) is 0.852. The number of ether oxygens (including phenoxy) is 1. The fourth-order valence-corrected chi connectivity index (χ4v) is 1.04. The highest BCUT2D eigenvalue weighted by Gasteiger charge is 2.05. The molecule has 0 aliphatic heterocycles. The Labute approximate surface area is 76.3 Å². The van der Waals surface area contributed by atoms with Crippen LogP contribution in [0, 0.1) is 5.82 Å². The van der Waals surface area contributed by atoms with E-state index in [1.54, 1.807) is 12.1 Å². The molecule has 0 atom stereocenters. The zero-order chi connectivity index (χ0) is 9.84. The van der Waals surface area contributed by atoms with Crippen LogP contribution in [0.3, 0.4) is 0 Å². The summed E-state index contributed by atoms with van der Waals surface area (Å²) in [6.45, 7) is 1.63. The van der Waals surface area contributed by atoms with Gasteiger partial charge in [-0.15, -0.1) is 0 Å². The van der Waals surface area contributed by atoms with Gasteiger partial charge in [-0.25, -0.2) is 4.39 Å². The van der Waals surface area contributed by atoms with E-state index in [9.17, 15) is 9.18 Å². The first kappa shape index (κ1) is 9.86. The van der Waals surface area contributed by atoms with Gasteiger partial charge in [-0.05, 0) is 13.0 Å². The van der Waals surface area contributed by atoms with E-state index in [-0.39, 0.29) is 12.4 Å². The number of halogens is 1. The number of Topliss-reactive ketones (excluding diaryl/α,β-unsaturated/α-hetero) is 1. The summed E-state index contributed by atoms with van der Waals surface area (Å²) >= 11 is 0. The van der Waals surface area contributed by atoms with Gasteiger partial charge in [0.15, 0.2) is 5.78 Å². The second-order valence-electron chi connectivity index (χ2n) is 2.80. The van der Waals surface area contributed by atoms with E-state index in [4.69, 9.17) is 4.74 Å². The van der Waals surface area contributed by atoms with Crippen LogP contribution in [-0.2, 0) is 11.3 Å². The Morgan fingerprint density at radius 3 is 2.69 bits per heavy atom. The molecule has 13 heavy (non-hydrogen) atoms. The van der Waals surface area contributed by atoms with Crippen molar-refractivity contribution in [2.24, 2.45) is 0 Å². The van der Waals surface area contributed by atoms with Crippen LogP contribution in [0.15, 0.2) is 18.2 Å². The van der Waals surface area contributed by atoms with Crippen LogP contribution < -0.4 is 0 Å². The normalized spacial score (nSPS) is 10.1. The molecule has 0 bridgehead atoms. The smallest absolute Gasteiger partial charge is 0.159 e. The molecule has 1 aromatic rings. The highest BCUT2D eigenvalue weighted by Crippen LogP contribution is 2.11. The molecule has 0 N–H and O–H groups in total. The summed E-state index contributed by atoms with van der Waals surface area (Å²) in [5, 5.41) is 0. The van der Waals surface area contributed by atoms with E-state index < -0.39 is 5.82 Å². The Morgan fingerprint density at radius 1 is 1.54 bits per heavy atom. The first-order valence-corrected chi connectivity index (χ1v) is 3.93. The predicted octanol–water partition coefficient (Wildman–Crippen LogP) is 2.17. The quantitative estimate of drug-likeness (QED) is 0.669. The largest absolute Gasteiger partial charge is 0.380 e. The van der Waals surface area contributed by atoms with Gasteiger partial charge in [0, 0.05) is 18.2 Å². The van der Waals surface area contributed by atoms with E-state index in [0.717, 1.165) is 0 Å². The second kappa shape index (κ2) is 4.14. The van der Waals surface area contributed by atoms with Crippen LogP contribution in [0.1, 0.15) is 22.8 Å². The van der Waals surface area contributed by atoms with Crippen LogP contribution in [0.2, 0.25) is 0 Å². The summed E-state index contributed by atoms with van der Waals surface area (Å²) in [7, 11) is 1.50. The van der Waals surface area contributed by atoms with E-state index in [0.29, 0.717) is 11.1 Å². The Balaban J connectivity index is 2.98. The maximum absolute atomic E-state index is 13.2. The molecule has 3 heteroatoms. The van der Waals surface area contributed by atoms with Crippen molar-refractivity contribution < 1.29 is 13.9 Å². The zero-order valence-electron chi connectivity index (χ0n) is 7.63. The van der Waals surface area contributed by atoms with Crippen molar-refractivity contribution in [3.05, 3.63) is 35.1 Å². The molecule has 0 aliphatic carbocycles. The molecule has 0 heterocycles. The van der Waals surface area contributed by atoms with Gasteiger partial charge < -0.3 is 4.74 Å². The van der Waals surface area contributed by atoms with Crippen molar-refractivity contribution in [2.45, 2.75) is 13.5 Å². The van der Waals surface area contributed by atoms with E-state index in [1.807, 2.05) is 0 Å². The minimum atomic E-state index is -0.394. The highest BCUT2D eigenvalue weighted by molar-refractivity contribution is 5.94. The van der Waals surface area contributed by atoms with Gasteiger partial charge in [-0.3, -0.25) is 4.79 Å². The lowest BCUT2D eigenvalue weighted by Gasteiger charge is -2.02. The summed E-state index contributed by atoms with van der Waals surface area (Å²) < 4.78 is 17.9. The lowest BCUT2D eigenvalue weighted by molar-refractivity contribution is 0.101. The Morgan fingerprint density at radius 2 is 2.23 bits per heavy atom. The van der Waals surface area contributed by atoms with Gasteiger partial charge in [-0.1, -0.05) is 12.1 Å². The van der Waals surface area contributed by atoms with Gasteiger partial charge >= 0.3 is 0 Å². The average molecular weight is 182 g/mol. The van der Waals surface area contributed by atoms with Crippen LogP contribution >= 0.6 is 0 Å². The average Bonchev–Trinajstić information content (AvgIpc) is 2.08. The number of methoxy groups -OCH3 is 1. The van der Waals surface area contributed by atoms with Gasteiger partial charge in [0.25, 0.3) is 0 Å². The maximum Gasteiger partial charge on any atom is 0.159 e. The lowest BCUT2D eigenvalue weighted by Crippen LogP contribution is -1.97. The minimum Gasteiger partial charge on any atom is -0.380 e. The second-order valence-corrected chi connectivity index (χ2v) is 2.80. The molecule has 1 rings (SSSR count). The fourth-order valence-electron chi connectivity index (χ4n) is 1.04. The van der Waals surface area contributed by atoms with Crippen molar-refractivity contribution in [3.63, 3.8) is 0 Å². The monoisotopic (exact) mass is 182 g/mol. The molecule has 0 unspecified atom stereocenters. The van der Waals surface area contributed by atoms with Crippen molar-refractivity contribution in [3.8, 4) is 0 Å². The van der Waals surface area contributed by atoms with E-state index in [2.05, 4.69) is 0 Å². The Kier molecular flexibility index (Phi) is 3.14. The van der Waals surface area contributed by atoms with Crippen LogP contribution in [0.4, 0.5) is 4.39 Å². The fraction of sp³-hybridized carbons (Fsp3) is 0.300. The van der Waals surface area contributed by atoms with Crippen molar-refractivity contribution in [1.82, 2.24) is 0 Å². The van der Waals surface area contributed by atoms with Gasteiger partial charge in [0.05, 0.1) is 6.61 Å². The molecule has 0 saturated carbocycles. The van der Waals surface area contributed by atoms with Gasteiger partial charge in [-0.2, -0.15) is 0 Å². The van der Waals surface area contributed by atoms with Gasteiger partial charge in [0.1, 0.15) is 5.82 Å². The predicted molar refractivity (Wildman–Crippen MR) is 47.1 cm³/mol. The number of carbonyl (C=O) groups excluding carboxylic acids is 1. The zero-order valence-corrected chi connectivity index (χ0v) is 7.63. The lowest BCUT2D eigenvalue weighted by atomic mass is 10.1.